The number of benzene rings is 7. The van der Waals surface area contributed by atoms with Gasteiger partial charge in [0.25, 0.3) is 0 Å². The first-order chi connectivity index (χ1) is 31.1. The number of rotatable bonds is 10. The van der Waals surface area contributed by atoms with Gasteiger partial charge in [0.15, 0.2) is 0 Å². The molecule has 1 heterocycles. The van der Waals surface area contributed by atoms with Crippen molar-refractivity contribution >= 4 is 11.4 Å². The van der Waals surface area contributed by atoms with Gasteiger partial charge in [-0.3, -0.25) is 4.98 Å². The van der Waals surface area contributed by atoms with Gasteiger partial charge in [-0.15, -0.1) is 0 Å². The van der Waals surface area contributed by atoms with Crippen LogP contribution in [0.15, 0.2) is 151 Å². The summed E-state index contributed by atoms with van der Waals surface area (Å²) in [6.45, 7) is 24.5. The Bertz CT molecular complexity index is 2720. The minimum atomic E-state index is -0.215. The fourth-order valence-corrected chi connectivity index (χ4v) is 10.0. The molecule has 8 aromatic rings. The zero-order valence-corrected chi connectivity index (χ0v) is 40.0. The van der Waals surface area contributed by atoms with Crippen LogP contribution in [-0.4, -0.2) is 9.84 Å². The molecule has 0 N–H and O–H groups in total. The van der Waals surface area contributed by atoms with Crippen LogP contribution >= 0.6 is 0 Å². The second kappa shape index (κ2) is 18.3. The quantitative estimate of drug-likeness (QED) is 0.0782. The van der Waals surface area contributed by atoms with E-state index in [0.717, 1.165) is 16.0 Å². The number of azo groups is 1. The van der Waals surface area contributed by atoms with E-state index < -0.39 is 0 Å². The third-order valence-electron chi connectivity index (χ3n) is 13.3. The smallest absolute Gasteiger partial charge is 0.247 e. The molecule has 1 aromatic heterocycles. The molecule has 0 fully saturated rings. The Kier molecular flexibility index (Phi) is 12.6. The molecule has 0 spiro atoms. The van der Waals surface area contributed by atoms with Gasteiger partial charge in [0.1, 0.15) is 5.69 Å². The topological polar surface area (TPSA) is 51.3 Å². The molecule has 0 bridgehead atoms. The van der Waals surface area contributed by atoms with Crippen LogP contribution < -0.4 is 0 Å². The highest BCUT2D eigenvalue weighted by Gasteiger charge is 2.27. The maximum atomic E-state index is 14.5. The second-order valence-electron chi connectivity index (χ2n) is 19.1. The van der Waals surface area contributed by atoms with E-state index in [4.69, 9.17) is 5.11 Å². The van der Waals surface area contributed by atoms with Gasteiger partial charge in [-0.05, 0) is 182 Å². The molecular formula is C61H61N3O. The van der Waals surface area contributed by atoms with Gasteiger partial charge in [0.05, 0.1) is 0 Å². The SMILES string of the molecule is Cc1cccc(C)c1-c1cccc(-c2c(C)cccc2C)c1Cc1cc(C(C)(C)C)cc(Cc2c(-c3c(C)cccc3C)cccc2-c2c(C)cccc2C)c1N=[N+]([O-])c1ccncc1. The van der Waals surface area contributed by atoms with Gasteiger partial charge in [0, 0.05) is 42.5 Å². The highest BCUT2D eigenvalue weighted by molar-refractivity contribution is 5.86. The molecule has 326 valence electrons. The Morgan fingerprint density at radius 2 is 0.738 bits per heavy atom. The average molecular weight is 852 g/mol. The summed E-state index contributed by atoms with van der Waals surface area (Å²) in [6, 6.07) is 47.9. The summed E-state index contributed by atoms with van der Waals surface area (Å²) in [7, 11) is 0. The van der Waals surface area contributed by atoms with Crippen molar-refractivity contribution < 1.29 is 4.86 Å². The van der Waals surface area contributed by atoms with Crippen LogP contribution in [0.1, 0.15) is 93.1 Å². The first-order valence-electron chi connectivity index (χ1n) is 22.9. The Balaban J connectivity index is 1.48. The molecule has 0 saturated carbocycles. The predicted molar refractivity (Wildman–Crippen MR) is 273 cm³/mol. The summed E-state index contributed by atoms with van der Waals surface area (Å²) in [6.07, 6.45) is 4.40. The average Bonchev–Trinajstić information content (AvgIpc) is 3.26. The van der Waals surface area contributed by atoms with Crippen LogP contribution in [-0.2, 0) is 18.3 Å². The molecule has 0 radical (unpaired) electrons. The van der Waals surface area contributed by atoms with Crippen molar-refractivity contribution in [3.8, 4) is 44.5 Å². The van der Waals surface area contributed by atoms with E-state index in [1.54, 1.807) is 24.5 Å². The molecule has 4 nitrogen and oxygen atoms in total. The molecule has 8 rings (SSSR count). The van der Waals surface area contributed by atoms with Gasteiger partial charge >= 0.3 is 0 Å². The lowest BCUT2D eigenvalue weighted by Gasteiger charge is -2.26. The Morgan fingerprint density at radius 1 is 0.446 bits per heavy atom. The van der Waals surface area contributed by atoms with Crippen LogP contribution in [0.2, 0.25) is 0 Å². The molecule has 0 amide bonds. The standard InChI is InChI=1S/C61H61N3O/c1-38-18-12-19-39(2)56(38)50-26-16-27-51(57-40(3)20-13-21-41(57)4)54(50)36-46-34-48(61(9,10)11)35-47(60(46)63-64(65)49-30-32-62-33-31-49)37-55-52(58-42(5)22-14-23-43(58)6)28-17-29-53(55)59-44(7)24-15-25-45(59)8/h12-35H,36-37H2,1-11H3. The zero-order chi connectivity index (χ0) is 46.2. The second-order valence-corrected chi connectivity index (χ2v) is 19.1. The van der Waals surface area contributed by atoms with E-state index in [2.05, 4.69) is 202 Å². The molecule has 4 heteroatoms. The largest absolute Gasteiger partial charge is 0.594 e. The Hall–Kier alpha value is -6.91. The Labute approximate surface area is 387 Å². The highest BCUT2D eigenvalue weighted by Crippen LogP contribution is 2.45. The minimum Gasteiger partial charge on any atom is -0.594 e. The lowest BCUT2D eigenvalue weighted by atomic mass is 9.79. The van der Waals surface area contributed by atoms with E-state index >= 15 is 0 Å². The number of hydrogen-bond donors (Lipinski definition) is 0. The molecule has 0 unspecified atom stereocenters. The van der Waals surface area contributed by atoms with Gasteiger partial charge < -0.3 is 5.21 Å². The summed E-state index contributed by atoms with van der Waals surface area (Å²) in [4.78, 5) is 5.01. The van der Waals surface area contributed by atoms with Crippen LogP contribution in [0.5, 0.6) is 0 Å². The summed E-state index contributed by atoms with van der Waals surface area (Å²) in [5.41, 5.74) is 26.1. The number of pyridine rings is 1. The number of aromatic nitrogens is 1. The number of hydrogen-bond acceptors (Lipinski definition) is 3. The van der Waals surface area contributed by atoms with Crippen LogP contribution in [0.4, 0.5) is 11.4 Å². The molecular weight excluding hydrogens is 791 g/mol. The molecule has 0 atom stereocenters. The molecule has 0 aliphatic carbocycles. The Morgan fingerprint density at radius 3 is 1.03 bits per heavy atom. The van der Waals surface area contributed by atoms with Crippen LogP contribution in [0, 0.1) is 60.6 Å². The van der Waals surface area contributed by atoms with Gasteiger partial charge in [0.2, 0.25) is 5.69 Å². The van der Waals surface area contributed by atoms with Crippen molar-refractivity contribution in [2.75, 3.05) is 0 Å². The third kappa shape index (κ3) is 8.96. The minimum absolute atomic E-state index is 0.215. The fourth-order valence-electron chi connectivity index (χ4n) is 10.0. The summed E-state index contributed by atoms with van der Waals surface area (Å²) in [5.74, 6) is 0. The first kappa shape index (κ1) is 44.7. The maximum Gasteiger partial charge on any atom is 0.247 e. The highest BCUT2D eigenvalue weighted by atomic mass is 16.5. The van der Waals surface area contributed by atoms with Gasteiger partial charge in [-0.1, -0.05) is 142 Å². The molecule has 65 heavy (non-hydrogen) atoms. The number of nitrogens with zero attached hydrogens (tertiary/aromatic N) is 3. The lowest BCUT2D eigenvalue weighted by molar-refractivity contribution is -0.435. The van der Waals surface area contributed by atoms with E-state index in [-0.39, 0.29) is 5.41 Å². The summed E-state index contributed by atoms with van der Waals surface area (Å²) >= 11 is 0. The fraction of sp³-hybridized carbons (Fsp3) is 0.230. The zero-order valence-electron chi connectivity index (χ0n) is 40.0. The monoisotopic (exact) mass is 851 g/mol. The summed E-state index contributed by atoms with van der Waals surface area (Å²) in [5, 5.41) is 19.7. The lowest BCUT2D eigenvalue weighted by Crippen LogP contribution is -2.13. The molecule has 0 saturated heterocycles. The predicted octanol–water partition coefficient (Wildman–Crippen LogP) is 16.6. The van der Waals surface area contributed by atoms with Gasteiger partial charge in [-0.25, -0.2) is 0 Å². The van der Waals surface area contributed by atoms with E-state index in [9.17, 15) is 5.21 Å². The number of aryl methyl sites for hydroxylation is 8. The first-order valence-corrected chi connectivity index (χ1v) is 22.9. The van der Waals surface area contributed by atoms with E-state index in [1.165, 1.54) is 106 Å². The summed E-state index contributed by atoms with van der Waals surface area (Å²) < 4.78 is 0. The van der Waals surface area contributed by atoms with Gasteiger partial charge in [-0.2, -0.15) is 0 Å². The van der Waals surface area contributed by atoms with Crippen molar-refractivity contribution in [2.24, 2.45) is 5.11 Å². The molecule has 0 aliphatic rings. The molecule has 7 aromatic carbocycles. The molecule has 0 aliphatic heterocycles. The normalized spacial score (nSPS) is 11.9. The van der Waals surface area contributed by atoms with Crippen molar-refractivity contribution in [1.82, 2.24) is 4.98 Å². The van der Waals surface area contributed by atoms with E-state index in [1.807, 2.05) is 0 Å². The van der Waals surface area contributed by atoms with Crippen molar-refractivity contribution in [1.29, 1.82) is 0 Å². The third-order valence-corrected chi connectivity index (χ3v) is 13.3. The van der Waals surface area contributed by atoms with Crippen molar-refractivity contribution in [3.63, 3.8) is 0 Å². The van der Waals surface area contributed by atoms with Crippen molar-refractivity contribution in [2.45, 2.75) is 94.4 Å². The van der Waals surface area contributed by atoms with Crippen LogP contribution in [0.25, 0.3) is 44.5 Å². The van der Waals surface area contributed by atoms with Crippen LogP contribution in [0.3, 0.4) is 0 Å². The van der Waals surface area contributed by atoms with Crippen molar-refractivity contribution in [3.05, 3.63) is 223 Å². The van der Waals surface area contributed by atoms with E-state index in [0.29, 0.717) is 24.2 Å². The maximum absolute atomic E-state index is 14.5.